The van der Waals surface area contributed by atoms with Crippen molar-refractivity contribution < 1.29 is 13.2 Å². The molecule has 0 radical (unpaired) electrons. The first-order valence-corrected chi connectivity index (χ1v) is 6.84. The van der Waals surface area contributed by atoms with Crippen molar-refractivity contribution in [3.05, 3.63) is 0 Å². The second-order valence-corrected chi connectivity index (χ2v) is 5.56. The lowest BCUT2D eigenvalue weighted by Gasteiger charge is -2.35. The predicted molar refractivity (Wildman–Crippen MR) is 67.6 cm³/mol. The molecule has 108 valence electrons. The van der Waals surface area contributed by atoms with Crippen LogP contribution in [-0.4, -0.2) is 44.3 Å². The number of nitrogens with one attached hydrogen (secondary N) is 1. The van der Waals surface area contributed by atoms with Crippen LogP contribution in [0.4, 0.5) is 13.2 Å². The molecule has 1 N–H and O–H groups in total. The number of nitrogens with zero attached hydrogens (tertiary/aromatic N) is 1. The maximum Gasteiger partial charge on any atom is 0.401 e. The molecule has 0 spiro atoms. The van der Waals surface area contributed by atoms with E-state index in [9.17, 15) is 13.2 Å². The Morgan fingerprint density at radius 1 is 1.22 bits per heavy atom. The van der Waals surface area contributed by atoms with Crippen molar-refractivity contribution in [2.45, 2.75) is 45.2 Å². The van der Waals surface area contributed by atoms with Gasteiger partial charge < -0.3 is 5.32 Å². The highest BCUT2D eigenvalue weighted by Gasteiger charge is 2.38. The Balaban J connectivity index is 2.62. The minimum atomic E-state index is -4.09. The molecular formula is C13H25F3N2. The number of alkyl halides is 3. The smallest absolute Gasteiger partial charge is 0.319 e. The number of hydrogen-bond acceptors (Lipinski definition) is 2. The molecule has 2 nitrogen and oxygen atoms in total. The lowest BCUT2D eigenvalue weighted by Crippen LogP contribution is -2.45. The normalized spacial score (nSPS) is 19.7. The van der Waals surface area contributed by atoms with Crippen molar-refractivity contribution in [3.63, 3.8) is 0 Å². The minimum Gasteiger partial charge on any atom is -0.319 e. The highest BCUT2D eigenvalue weighted by Crippen LogP contribution is 2.38. The van der Waals surface area contributed by atoms with Gasteiger partial charge in [0.2, 0.25) is 0 Å². The molecule has 0 unspecified atom stereocenters. The quantitative estimate of drug-likeness (QED) is 0.762. The summed E-state index contributed by atoms with van der Waals surface area (Å²) in [7, 11) is 1.88. The Hall–Kier alpha value is -0.290. The van der Waals surface area contributed by atoms with E-state index in [-0.39, 0.29) is 5.41 Å². The van der Waals surface area contributed by atoms with Crippen LogP contribution < -0.4 is 5.32 Å². The van der Waals surface area contributed by atoms with Crippen LogP contribution in [-0.2, 0) is 0 Å². The zero-order valence-corrected chi connectivity index (χ0v) is 11.4. The second-order valence-electron chi connectivity index (χ2n) is 5.56. The van der Waals surface area contributed by atoms with E-state index < -0.39 is 12.7 Å². The Kier molecular flexibility index (Phi) is 5.92. The number of halogens is 3. The largest absolute Gasteiger partial charge is 0.401 e. The first-order valence-electron chi connectivity index (χ1n) is 6.84. The summed E-state index contributed by atoms with van der Waals surface area (Å²) in [5, 5.41) is 3.15. The first kappa shape index (κ1) is 15.8. The van der Waals surface area contributed by atoms with Crippen LogP contribution >= 0.6 is 0 Å². The Morgan fingerprint density at radius 2 is 1.83 bits per heavy atom. The zero-order valence-electron chi connectivity index (χ0n) is 11.4. The van der Waals surface area contributed by atoms with Crippen LogP contribution in [0.2, 0.25) is 0 Å². The lowest BCUT2D eigenvalue weighted by molar-refractivity contribution is -0.149. The highest BCUT2D eigenvalue weighted by atomic mass is 19.4. The molecular weight excluding hydrogens is 241 g/mol. The van der Waals surface area contributed by atoms with Gasteiger partial charge in [-0.25, -0.2) is 0 Å². The number of rotatable bonds is 7. The van der Waals surface area contributed by atoms with E-state index in [2.05, 4.69) is 5.32 Å². The van der Waals surface area contributed by atoms with Gasteiger partial charge in [-0.05, 0) is 38.3 Å². The Bertz CT molecular complexity index is 235. The van der Waals surface area contributed by atoms with Crippen LogP contribution in [0.5, 0.6) is 0 Å². The molecule has 0 heterocycles. The summed E-state index contributed by atoms with van der Waals surface area (Å²) in [6.45, 7) is 3.09. The molecule has 0 saturated heterocycles. The molecule has 1 saturated carbocycles. The fourth-order valence-corrected chi connectivity index (χ4v) is 3.15. The molecule has 0 atom stereocenters. The van der Waals surface area contributed by atoms with E-state index >= 15 is 0 Å². The SMILES string of the molecule is CCCN(CC(F)(F)F)CC1(CNC)CCCC1. The van der Waals surface area contributed by atoms with Crippen molar-refractivity contribution in [1.29, 1.82) is 0 Å². The molecule has 5 heteroatoms. The topological polar surface area (TPSA) is 15.3 Å². The maximum atomic E-state index is 12.6. The summed E-state index contributed by atoms with van der Waals surface area (Å²) in [5.41, 5.74) is 0.0508. The average molecular weight is 266 g/mol. The van der Waals surface area contributed by atoms with Crippen molar-refractivity contribution in [1.82, 2.24) is 10.2 Å². The van der Waals surface area contributed by atoms with Crippen LogP contribution in [0, 0.1) is 5.41 Å². The third-order valence-electron chi connectivity index (χ3n) is 3.72. The van der Waals surface area contributed by atoms with Gasteiger partial charge in [0.05, 0.1) is 6.54 Å². The fraction of sp³-hybridized carbons (Fsp3) is 1.00. The molecule has 0 aliphatic heterocycles. The van der Waals surface area contributed by atoms with Gasteiger partial charge in [-0.1, -0.05) is 19.8 Å². The Labute approximate surface area is 108 Å². The lowest BCUT2D eigenvalue weighted by atomic mass is 9.85. The van der Waals surface area contributed by atoms with Crippen molar-refractivity contribution in [2.24, 2.45) is 5.41 Å². The van der Waals surface area contributed by atoms with E-state index in [1.807, 2.05) is 14.0 Å². The molecule has 1 aliphatic rings. The van der Waals surface area contributed by atoms with E-state index in [4.69, 9.17) is 0 Å². The summed E-state index contributed by atoms with van der Waals surface area (Å²) in [4.78, 5) is 1.59. The number of hydrogen-bond donors (Lipinski definition) is 1. The zero-order chi connectivity index (χ0) is 13.6. The molecule has 1 aliphatic carbocycles. The highest BCUT2D eigenvalue weighted by molar-refractivity contribution is 4.89. The average Bonchev–Trinajstić information content (AvgIpc) is 2.64. The molecule has 0 aromatic rings. The van der Waals surface area contributed by atoms with E-state index in [0.717, 1.165) is 38.6 Å². The molecule has 0 aromatic carbocycles. The molecule has 0 amide bonds. The van der Waals surface area contributed by atoms with Gasteiger partial charge in [-0.15, -0.1) is 0 Å². The predicted octanol–water partition coefficient (Wildman–Crippen LogP) is 3.04. The van der Waals surface area contributed by atoms with Gasteiger partial charge in [0.25, 0.3) is 0 Å². The molecule has 0 aromatic heterocycles. The van der Waals surface area contributed by atoms with Crippen LogP contribution in [0.15, 0.2) is 0 Å². The van der Waals surface area contributed by atoms with Gasteiger partial charge in [-0.3, -0.25) is 4.90 Å². The maximum absolute atomic E-state index is 12.6. The van der Waals surface area contributed by atoms with Gasteiger partial charge in [0.15, 0.2) is 0 Å². The van der Waals surface area contributed by atoms with Gasteiger partial charge in [0, 0.05) is 13.1 Å². The van der Waals surface area contributed by atoms with Gasteiger partial charge >= 0.3 is 6.18 Å². The minimum absolute atomic E-state index is 0.0508. The first-order chi connectivity index (χ1) is 8.41. The van der Waals surface area contributed by atoms with Gasteiger partial charge in [0.1, 0.15) is 0 Å². The molecule has 0 bridgehead atoms. The monoisotopic (exact) mass is 266 g/mol. The van der Waals surface area contributed by atoms with Crippen molar-refractivity contribution in [3.8, 4) is 0 Å². The Morgan fingerprint density at radius 3 is 2.28 bits per heavy atom. The van der Waals surface area contributed by atoms with Crippen molar-refractivity contribution >= 4 is 0 Å². The summed E-state index contributed by atoms with van der Waals surface area (Å²) in [6.07, 6.45) is 1.07. The van der Waals surface area contributed by atoms with E-state index in [1.54, 1.807) is 4.90 Å². The third kappa shape index (κ3) is 5.14. The summed E-state index contributed by atoms with van der Waals surface area (Å²) in [5.74, 6) is 0. The van der Waals surface area contributed by atoms with Crippen LogP contribution in [0.3, 0.4) is 0 Å². The molecule has 1 rings (SSSR count). The van der Waals surface area contributed by atoms with Crippen LogP contribution in [0.1, 0.15) is 39.0 Å². The second kappa shape index (κ2) is 6.75. The summed E-state index contributed by atoms with van der Waals surface area (Å²) < 4.78 is 37.7. The fourth-order valence-electron chi connectivity index (χ4n) is 3.15. The third-order valence-corrected chi connectivity index (χ3v) is 3.72. The van der Waals surface area contributed by atoms with E-state index in [0.29, 0.717) is 13.1 Å². The standard InChI is InChI=1S/C13H25F3N2/c1-3-8-18(11-13(14,15)16)10-12(9-17-2)6-4-5-7-12/h17H,3-11H2,1-2H3. The van der Waals surface area contributed by atoms with Crippen LogP contribution in [0.25, 0.3) is 0 Å². The van der Waals surface area contributed by atoms with Crippen molar-refractivity contribution in [2.75, 3.05) is 33.2 Å². The molecule has 18 heavy (non-hydrogen) atoms. The summed E-state index contributed by atoms with van der Waals surface area (Å²) in [6, 6.07) is 0. The van der Waals surface area contributed by atoms with Gasteiger partial charge in [-0.2, -0.15) is 13.2 Å². The van der Waals surface area contributed by atoms with E-state index in [1.165, 1.54) is 0 Å². The molecule has 1 fully saturated rings. The summed E-state index contributed by atoms with van der Waals surface area (Å²) >= 11 is 0.